The van der Waals surface area contributed by atoms with Crippen LogP contribution in [0.15, 0.2) is 53.0 Å². The molecule has 0 bridgehead atoms. The number of aliphatic hydroxyl groups excluding tert-OH is 1. The number of likely N-dealkylation sites (N-methyl/N-ethyl adjacent to an activating group) is 1. The second-order valence-corrected chi connectivity index (χ2v) is 20.9. The number of esters is 2. The van der Waals surface area contributed by atoms with Crippen LogP contribution in [0.4, 0.5) is 0 Å². The number of ether oxygens (including phenoxy) is 2. The summed E-state index contributed by atoms with van der Waals surface area (Å²) in [6.07, 6.45) is 30.4. The van der Waals surface area contributed by atoms with Crippen molar-refractivity contribution in [3.8, 4) is 0 Å². The fourth-order valence-electron chi connectivity index (χ4n) is 6.77. The molecule has 5 atom stereocenters. The molecule has 0 spiro atoms. The van der Waals surface area contributed by atoms with Gasteiger partial charge < -0.3 is 48.3 Å². The van der Waals surface area contributed by atoms with Gasteiger partial charge in [0.2, 0.25) is 0 Å². The number of rotatable bonds is 41. The number of aliphatic carboxylic acids is 1. The minimum atomic E-state index is -4.80. The average Bonchev–Trinajstić information content (AvgIpc) is 3.53. The fourth-order valence-corrected chi connectivity index (χ4v) is 8.63. The molecule has 1 unspecified atom stereocenters. The predicted octanol–water partition coefficient (Wildman–Crippen LogP) is 9.81. The maximum absolute atomic E-state index is 13.3. The van der Waals surface area contributed by atoms with Crippen LogP contribution in [-0.4, -0.2) is 109 Å². The maximum Gasteiger partial charge on any atom is 0.324 e. The number of carboxylic acids is 1. The lowest BCUT2D eigenvalue weighted by molar-refractivity contribution is -0.870. The van der Waals surface area contributed by atoms with E-state index in [4.69, 9.17) is 33.8 Å². The smallest absolute Gasteiger partial charge is 0.324 e. The summed E-state index contributed by atoms with van der Waals surface area (Å²) in [4.78, 5) is 49.7. The number of hydrogen-bond acceptors (Lipinski definition) is 13. The van der Waals surface area contributed by atoms with Crippen LogP contribution in [0.1, 0.15) is 152 Å². The number of hydrogen-bond donors (Lipinski definition) is 3. The zero-order chi connectivity index (χ0) is 49.9. The predicted molar refractivity (Wildman–Crippen MR) is 268 cm³/mol. The van der Waals surface area contributed by atoms with Gasteiger partial charge in [-0.15, -0.1) is 11.8 Å². The van der Waals surface area contributed by atoms with Crippen molar-refractivity contribution in [3.63, 3.8) is 0 Å². The summed E-state index contributed by atoms with van der Waals surface area (Å²) in [5, 5.41) is 19.5. The zero-order valence-corrected chi connectivity index (χ0v) is 43.7. The first-order chi connectivity index (χ1) is 31.9. The molecule has 0 aliphatic rings. The Hall–Kier alpha value is -3.01. The molecule has 1 rings (SSSR count). The number of quaternary nitrogens is 1. The first-order valence-electron chi connectivity index (χ1n) is 24.6. The minimum absolute atomic E-state index is 0.00384. The van der Waals surface area contributed by atoms with Crippen LogP contribution >= 0.6 is 19.6 Å². The number of furan rings is 1. The molecule has 0 aliphatic heterocycles. The first kappa shape index (κ1) is 62.0. The van der Waals surface area contributed by atoms with E-state index < -0.39 is 62.4 Å². The highest BCUT2D eigenvalue weighted by atomic mass is 32.2. The number of thioether (sulfide) groups is 1. The van der Waals surface area contributed by atoms with Gasteiger partial charge in [-0.2, -0.15) is 0 Å². The molecular weight excluding hydrogens is 896 g/mol. The Morgan fingerprint density at radius 3 is 2.12 bits per heavy atom. The van der Waals surface area contributed by atoms with E-state index in [2.05, 4.69) is 39.8 Å². The van der Waals surface area contributed by atoms with Gasteiger partial charge in [0.1, 0.15) is 37.3 Å². The number of carbonyl (C=O) groups excluding carboxylic acids is 2. The van der Waals surface area contributed by atoms with Crippen molar-refractivity contribution in [3.05, 3.63) is 71.3 Å². The Kier molecular flexibility index (Phi) is 34.2. The van der Waals surface area contributed by atoms with Crippen LogP contribution in [0.3, 0.4) is 0 Å². The average molecular weight is 983 g/mol. The maximum atomic E-state index is 13.3. The zero-order valence-electron chi connectivity index (χ0n) is 42.0. The van der Waals surface area contributed by atoms with E-state index >= 15 is 0 Å². The number of phosphoric acid groups is 1. The van der Waals surface area contributed by atoms with Gasteiger partial charge in [0.25, 0.3) is 7.82 Å². The van der Waals surface area contributed by atoms with Crippen LogP contribution < -0.4 is 10.6 Å². The van der Waals surface area contributed by atoms with Crippen molar-refractivity contribution >= 4 is 37.5 Å². The van der Waals surface area contributed by atoms with E-state index in [1.165, 1.54) is 42.2 Å². The Morgan fingerprint density at radius 2 is 1.46 bits per heavy atom. The highest BCUT2D eigenvalue weighted by Gasteiger charge is 2.27. The van der Waals surface area contributed by atoms with Crippen LogP contribution in [0, 0.1) is 13.8 Å². The topological polar surface area (TPSA) is 208 Å². The number of phosphoric ester groups is 1. The Bertz CT molecular complexity index is 1690. The van der Waals surface area contributed by atoms with E-state index in [-0.39, 0.29) is 38.0 Å². The number of carbonyl (C=O) groups is 3. The second-order valence-electron chi connectivity index (χ2n) is 18.3. The summed E-state index contributed by atoms with van der Waals surface area (Å²) >= 11 is 1.20. The molecule has 0 amide bonds. The molecule has 0 saturated heterocycles. The number of unbranched alkanes of at least 4 members (excludes halogenated alkanes) is 10. The largest absolute Gasteiger partial charge is 0.756 e. The van der Waals surface area contributed by atoms with E-state index in [9.17, 15) is 28.9 Å². The number of allylic oxidation sites excluding steroid dienone is 7. The molecule has 0 saturated carbocycles. The first-order valence-corrected chi connectivity index (χ1v) is 27.2. The van der Waals surface area contributed by atoms with Crippen molar-refractivity contribution in [2.45, 2.75) is 180 Å². The Morgan fingerprint density at radius 1 is 0.806 bits per heavy atom. The van der Waals surface area contributed by atoms with Gasteiger partial charge in [0.15, 0.2) is 6.10 Å². The van der Waals surface area contributed by atoms with E-state index in [1.807, 2.05) is 45.4 Å². The molecule has 1 aromatic heterocycles. The normalized spacial score (nSPS) is 15.1. The van der Waals surface area contributed by atoms with Crippen molar-refractivity contribution in [1.82, 2.24) is 0 Å². The lowest BCUT2D eigenvalue weighted by atomic mass is 10.0. The molecule has 4 N–H and O–H groups in total. The van der Waals surface area contributed by atoms with Crippen LogP contribution in [0.25, 0.3) is 0 Å². The van der Waals surface area contributed by atoms with Gasteiger partial charge in [-0.3, -0.25) is 18.9 Å². The van der Waals surface area contributed by atoms with Crippen LogP contribution in [0.5, 0.6) is 0 Å². The SMILES string of the molecule is CCCCC/C=C\C\C=C/C=C/C=C/[C@@H](SC[C@H](N)C(=O)O[C@H](COC(=O)CCCCCCCCCCc1oc(CCC)c(C)c1C)COP(=O)([O-])OCC[N+](C)(C)C)[C@@H](O)CCCC(=O)O. The molecule has 16 heteroatoms. The molecule has 0 aromatic carbocycles. The lowest BCUT2D eigenvalue weighted by Gasteiger charge is -2.28. The van der Waals surface area contributed by atoms with Crippen LogP contribution in [-0.2, 0) is 50.3 Å². The number of nitrogens with zero attached hydrogens (tertiary/aromatic N) is 1. The number of nitrogens with two attached hydrogens (primary N) is 1. The number of aliphatic hydroxyl groups is 1. The van der Waals surface area contributed by atoms with Gasteiger partial charge in [0.05, 0.1) is 33.9 Å². The summed E-state index contributed by atoms with van der Waals surface area (Å²) in [5.41, 5.74) is 8.82. The molecule has 0 radical (unpaired) electrons. The molecule has 0 aliphatic carbocycles. The van der Waals surface area contributed by atoms with E-state index in [0.717, 1.165) is 88.6 Å². The highest BCUT2D eigenvalue weighted by molar-refractivity contribution is 8.00. The third-order valence-electron chi connectivity index (χ3n) is 11.0. The number of carboxylic acid groups (broad SMARTS) is 1. The standard InChI is InChI=1S/C51H87N2O12PS/c1-8-10-11-12-13-14-15-16-17-21-24-27-33-48(45(54)31-29-34-49(55)56)67-40-44(52)51(58)64-43(39-63-66(59,60)62-37-36-53(5,6)7)38-61-50(57)35-28-25-22-19-18-20-23-26-32-47-42(4)41(3)46(65-47)30-9-2/h13-14,16-17,21,24,27,33,43-45,48,54H,8-12,15,18-20,22-23,25-26,28-32,34-40,52H2,1-7H3,(H-,55,56,59,60)/b14-13-,17-16-,24-21+,33-27+/t43-,44+,45+,48-/m1/s1. The lowest BCUT2D eigenvalue weighted by Crippen LogP contribution is -2.40. The van der Waals surface area contributed by atoms with Gasteiger partial charge in [0, 0.05) is 36.7 Å². The molecule has 0 fully saturated rings. The molecule has 14 nitrogen and oxygen atoms in total. The summed E-state index contributed by atoms with van der Waals surface area (Å²) in [6.45, 7) is 7.79. The van der Waals surface area contributed by atoms with Gasteiger partial charge in [-0.1, -0.05) is 114 Å². The minimum Gasteiger partial charge on any atom is -0.756 e. The van der Waals surface area contributed by atoms with E-state index in [1.54, 1.807) is 12.2 Å². The van der Waals surface area contributed by atoms with Crippen LogP contribution in [0.2, 0.25) is 0 Å². The monoisotopic (exact) mass is 983 g/mol. The fraction of sp³-hybridized carbons (Fsp3) is 0.706. The van der Waals surface area contributed by atoms with Crippen molar-refractivity contribution in [1.29, 1.82) is 0 Å². The summed E-state index contributed by atoms with van der Waals surface area (Å²) in [5.74, 6) is -0.115. The third kappa shape index (κ3) is 32.4. The van der Waals surface area contributed by atoms with Crippen molar-refractivity contribution < 1.29 is 61.5 Å². The van der Waals surface area contributed by atoms with Gasteiger partial charge in [-0.05, 0) is 76.3 Å². The molecular formula is C51H87N2O12PS. The summed E-state index contributed by atoms with van der Waals surface area (Å²) in [7, 11) is 0.840. The Balaban J connectivity index is 2.74. The van der Waals surface area contributed by atoms with Gasteiger partial charge >= 0.3 is 17.9 Å². The van der Waals surface area contributed by atoms with Crippen molar-refractivity contribution in [2.75, 3.05) is 53.3 Å². The molecule has 384 valence electrons. The summed E-state index contributed by atoms with van der Waals surface area (Å²) in [6, 6.07) is -1.21. The number of aryl methyl sites for hydroxylation is 2. The second kappa shape index (κ2) is 36.9. The van der Waals surface area contributed by atoms with Crippen molar-refractivity contribution in [2.24, 2.45) is 5.73 Å². The Labute approximate surface area is 407 Å². The quantitative estimate of drug-likeness (QED) is 0.0139. The molecule has 67 heavy (non-hydrogen) atoms. The molecule has 1 aromatic rings. The summed E-state index contributed by atoms with van der Waals surface area (Å²) < 4.78 is 40.2. The van der Waals surface area contributed by atoms with Gasteiger partial charge in [-0.25, -0.2) is 0 Å². The van der Waals surface area contributed by atoms with E-state index in [0.29, 0.717) is 17.4 Å². The molecule has 1 heterocycles. The highest BCUT2D eigenvalue weighted by Crippen LogP contribution is 2.38. The third-order valence-corrected chi connectivity index (χ3v) is 13.4.